The molecule has 0 saturated heterocycles. The van der Waals surface area contributed by atoms with E-state index in [-0.39, 0.29) is 22.4 Å². The Hall–Kier alpha value is -0.240. The van der Waals surface area contributed by atoms with Crippen molar-refractivity contribution < 1.29 is 27.5 Å². The predicted octanol–water partition coefficient (Wildman–Crippen LogP) is 1.19. The SMILES string of the molecule is Oc1cc[c-]cc1.[Au+]. The molecule has 46 valence electrons. The van der Waals surface area contributed by atoms with Crippen molar-refractivity contribution in [2.24, 2.45) is 0 Å². The van der Waals surface area contributed by atoms with Crippen molar-refractivity contribution in [2.45, 2.75) is 0 Å². The Bertz CT molecular complexity index is 138. The van der Waals surface area contributed by atoms with Crippen LogP contribution >= 0.6 is 0 Å². The van der Waals surface area contributed by atoms with Gasteiger partial charge in [0.05, 0.1) is 0 Å². The van der Waals surface area contributed by atoms with E-state index in [9.17, 15) is 0 Å². The first-order chi connectivity index (χ1) is 3.39. The summed E-state index contributed by atoms with van der Waals surface area (Å²) in [7, 11) is 0. The molecule has 1 nitrogen and oxygen atoms in total. The third-order valence-corrected chi connectivity index (χ3v) is 0.701. The van der Waals surface area contributed by atoms with E-state index in [0.717, 1.165) is 0 Å². The van der Waals surface area contributed by atoms with Gasteiger partial charge in [-0.3, -0.25) is 0 Å². The molecular weight excluding hydrogens is 285 g/mol. The molecule has 2 heteroatoms. The van der Waals surface area contributed by atoms with Crippen LogP contribution in [0.2, 0.25) is 0 Å². The molecule has 0 aliphatic carbocycles. The summed E-state index contributed by atoms with van der Waals surface area (Å²) < 4.78 is 0. The zero-order valence-electron chi connectivity index (χ0n) is 4.06. The van der Waals surface area contributed by atoms with Gasteiger partial charge in [0.15, 0.2) is 0 Å². The fourth-order valence-corrected chi connectivity index (χ4v) is 0.378. The van der Waals surface area contributed by atoms with E-state index in [2.05, 4.69) is 6.07 Å². The van der Waals surface area contributed by atoms with Crippen LogP contribution in [0.3, 0.4) is 0 Å². The minimum atomic E-state index is 0. The smallest absolute Gasteiger partial charge is 0.533 e. The monoisotopic (exact) mass is 290 g/mol. The Morgan fingerprint density at radius 2 is 1.75 bits per heavy atom. The van der Waals surface area contributed by atoms with E-state index >= 15 is 0 Å². The van der Waals surface area contributed by atoms with E-state index in [4.69, 9.17) is 5.11 Å². The standard InChI is InChI=1S/C6H5O.Au/c7-6-4-2-1-3-5-6;/h2-5,7H;/q-1;+1. The maximum atomic E-state index is 8.61. The fourth-order valence-electron chi connectivity index (χ4n) is 0.378. The van der Waals surface area contributed by atoms with Gasteiger partial charge in [0.2, 0.25) is 0 Å². The van der Waals surface area contributed by atoms with Crippen molar-refractivity contribution >= 4 is 0 Å². The molecular formula is C6H5AuO. The molecule has 0 spiro atoms. The van der Waals surface area contributed by atoms with Crippen LogP contribution in [-0.4, -0.2) is 5.11 Å². The normalized spacial score (nSPS) is 7.50. The van der Waals surface area contributed by atoms with Crippen LogP contribution in [0.5, 0.6) is 5.75 Å². The van der Waals surface area contributed by atoms with Gasteiger partial charge in [0.25, 0.3) is 0 Å². The predicted molar refractivity (Wildman–Crippen MR) is 26.9 cm³/mol. The Morgan fingerprint density at radius 1 is 1.25 bits per heavy atom. The molecule has 0 atom stereocenters. The van der Waals surface area contributed by atoms with Crippen molar-refractivity contribution in [3.05, 3.63) is 30.3 Å². The van der Waals surface area contributed by atoms with Gasteiger partial charge in [-0.05, 0) is 0 Å². The average molecular weight is 290 g/mol. The van der Waals surface area contributed by atoms with Crippen LogP contribution < -0.4 is 0 Å². The van der Waals surface area contributed by atoms with Crippen LogP contribution in [0.25, 0.3) is 0 Å². The van der Waals surface area contributed by atoms with Crippen LogP contribution in [-0.2, 0) is 22.4 Å². The Kier molecular flexibility index (Phi) is 3.61. The van der Waals surface area contributed by atoms with Gasteiger partial charge in [-0.2, -0.15) is 18.2 Å². The second-order valence-corrected chi connectivity index (χ2v) is 1.26. The van der Waals surface area contributed by atoms with Crippen LogP contribution in [0.1, 0.15) is 0 Å². The van der Waals surface area contributed by atoms with Crippen LogP contribution in [0.15, 0.2) is 24.3 Å². The van der Waals surface area contributed by atoms with E-state index in [0.29, 0.717) is 5.75 Å². The molecule has 0 bridgehead atoms. The number of rotatable bonds is 0. The van der Waals surface area contributed by atoms with Gasteiger partial charge in [0, 0.05) is 5.75 Å². The summed E-state index contributed by atoms with van der Waals surface area (Å²) in [6.07, 6.45) is 0. The van der Waals surface area contributed by atoms with Crippen LogP contribution in [0, 0.1) is 6.07 Å². The summed E-state index contributed by atoms with van der Waals surface area (Å²) in [5.41, 5.74) is 0. The third kappa shape index (κ3) is 2.17. The first kappa shape index (κ1) is 7.76. The second kappa shape index (κ2) is 3.72. The van der Waals surface area contributed by atoms with Crippen molar-refractivity contribution in [3.63, 3.8) is 0 Å². The van der Waals surface area contributed by atoms with Gasteiger partial charge in [-0.15, -0.1) is 12.1 Å². The molecule has 1 rings (SSSR count). The van der Waals surface area contributed by atoms with E-state index in [1.807, 2.05) is 0 Å². The van der Waals surface area contributed by atoms with E-state index in [1.165, 1.54) is 0 Å². The van der Waals surface area contributed by atoms with Crippen molar-refractivity contribution in [1.82, 2.24) is 0 Å². The Morgan fingerprint density at radius 3 is 2.00 bits per heavy atom. The molecule has 0 unspecified atom stereocenters. The minimum Gasteiger partial charge on any atom is -0.533 e. The largest absolute Gasteiger partial charge is 1.00 e. The summed E-state index contributed by atoms with van der Waals surface area (Å²) in [5, 5.41) is 8.61. The first-order valence-electron chi connectivity index (χ1n) is 2.04. The molecule has 0 saturated carbocycles. The van der Waals surface area contributed by atoms with Crippen molar-refractivity contribution in [1.29, 1.82) is 0 Å². The zero-order chi connectivity index (χ0) is 5.11. The molecule has 0 fully saturated rings. The Labute approximate surface area is 63.9 Å². The maximum absolute atomic E-state index is 8.61. The Balaban J connectivity index is 0.000000490. The number of hydrogen-bond acceptors (Lipinski definition) is 1. The molecule has 0 aliphatic heterocycles. The van der Waals surface area contributed by atoms with Gasteiger partial charge in [-0.1, -0.05) is 0 Å². The number of aromatic hydroxyl groups is 1. The number of phenols is 1. The molecule has 0 heterocycles. The summed E-state index contributed by atoms with van der Waals surface area (Å²) in [4.78, 5) is 0. The molecule has 0 aromatic heterocycles. The fraction of sp³-hybridized carbons (Fsp3) is 0. The third-order valence-electron chi connectivity index (χ3n) is 0.701. The quantitative estimate of drug-likeness (QED) is 0.562. The molecule has 1 N–H and O–H groups in total. The van der Waals surface area contributed by atoms with Gasteiger partial charge in [-0.25, -0.2) is 0 Å². The van der Waals surface area contributed by atoms with E-state index < -0.39 is 0 Å². The van der Waals surface area contributed by atoms with Crippen molar-refractivity contribution in [3.8, 4) is 5.75 Å². The molecule has 1 aromatic carbocycles. The summed E-state index contributed by atoms with van der Waals surface area (Å²) in [5.74, 6) is 0.291. The molecule has 0 radical (unpaired) electrons. The molecule has 8 heavy (non-hydrogen) atoms. The maximum Gasteiger partial charge on any atom is 1.00 e. The zero-order valence-corrected chi connectivity index (χ0v) is 6.22. The average Bonchev–Trinajstić information content (AvgIpc) is 1.69. The summed E-state index contributed by atoms with van der Waals surface area (Å²) in [6, 6.07) is 9.26. The molecule has 0 amide bonds. The number of benzene rings is 1. The molecule has 0 aliphatic rings. The van der Waals surface area contributed by atoms with Crippen LogP contribution in [0.4, 0.5) is 0 Å². The van der Waals surface area contributed by atoms with Gasteiger partial charge in [0.1, 0.15) is 0 Å². The van der Waals surface area contributed by atoms with Gasteiger partial charge >= 0.3 is 22.4 Å². The number of hydrogen-bond donors (Lipinski definition) is 1. The first-order valence-corrected chi connectivity index (χ1v) is 2.04. The van der Waals surface area contributed by atoms with Crippen molar-refractivity contribution in [2.75, 3.05) is 0 Å². The molecule has 1 aromatic rings. The number of phenolic OH excluding ortho intramolecular Hbond substituents is 1. The topological polar surface area (TPSA) is 20.2 Å². The summed E-state index contributed by atoms with van der Waals surface area (Å²) >= 11 is 0. The van der Waals surface area contributed by atoms with Gasteiger partial charge < -0.3 is 5.11 Å². The minimum absolute atomic E-state index is 0. The second-order valence-electron chi connectivity index (χ2n) is 1.26. The van der Waals surface area contributed by atoms with E-state index in [1.54, 1.807) is 24.3 Å². The summed E-state index contributed by atoms with van der Waals surface area (Å²) in [6.45, 7) is 0.